The molecule has 0 amide bonds. The summed E-state index contributed by atoms with van der Waals surface area (Å²) in [6, 6.07) is 10.6. The van der Waals surface area contributed by atoms with Crippen LogP contribution in [0.25, 0.3) is 0 Å². The van der Waals surface area contributed by atoms with Gasteiger partial charge < -0.3 is 5.11 Å². The molecule has 22 heavy (non-hydrogen) atoms. The van der Waals surface area contributed by atoms with Gasteiger partial charge >= 0.3 is 44.1 Å². The molecular weight excluding hydrogens is 434 g/mol. The molecule has 8 heteroatoms. The van der Waals surface area contributed by atoms with E-state index in [2.05, 4.69) is 0 Å². The van der Waals surface area contributed by atoms with Crippen LogP contribution in [0.15, 0.2) is 42.5 Å². The average molecular weight is 446 g/mol. The van der Waals surface area contributed by atoms with Crippen LogP contribution in [-0.4, -0.2) is 5.11 Å². The summed E-state index contributed by atoms with van der Waals surface area (Å²) >= 11 is -0.826. The fourth-order valence-corrected chi connectivity index (χ4v) is 3.08. The van der Waals surface area contributed by atoms with Crippen molar-refractivity contribution in [2.24, 2.45) is 0 Å². The first-order valence-electron chi connectivity index (χ1n) is 5.99. The number of aromatic hydroxyl groups is 1. The number of phenolic OH excluding ortho intramolecular Hbond substituents is 1. The molecule has 1 N–H and O–H groups in total. The van der Waals surface area contributed by atoms with Gasteiger partial charge in [-0.25, -0.2) is 0 Å². The molecule has 0 aromatic heterocycles. The number of para-hydroxylation sites is 1. The summed E-state index contributed by atoms with van der Waals surface area (Å²) in [5.74, 6) is 0.0252. The number of hydrogen-bond acceptors (Lipinski definition) is 1. The van der Waals surface area contributed by atoms with Crippen molar-refractivity contribution in [1.82, 2.24) is 0 Å². The molecule has 2 aromatic rings. The molecule has 0 saturated carbocycles. The van der Waals surface area contributed by atoms with Gasteiger partial charge in [0.1, 0.15) is 5.75 Å². The van der Waals surface area contributed by atoms with E-state index in [0.29, 0.717) is 10.9 Å². The Morgan fingerprint density at radius 1 is 1.05 bits per heavy atom. The summed E-state index contributed by atoms with van der Waals surface area (Å²) in [4.78, 5) is 0. The molecular formula is C14H12Cl2F3OPZr. The second-order valence-electron chi connectivity index (χ2n) is 4.21. The van der Waals surface area contributed by atoms with Crippen LogP contribution < -0.4 is 10.6 Å². The van der Waals surface area contributed by atoms with Crippen LogP contribution in [0, 0.1) is 6.92 Å². The van der Waals surface area contributed by atoms with Crippen molar-refractivity contribution in [2.45, 2.75) is 13.1 Å². The molecule has 0 saturated heterocycles. The predicted octanol–water partition coefficient (Wildman–Crippen LogP) is 4.73. The van der Waals surface area contributed by atoms with Crippen molar-refractivity contribution in [3.8, 4) is 5.75 Å². The Labute approximate surface area is 147 Å². The van der Waals surface area contributed by atoms with Crippen molar-refractivity contribution < 1.29 is 39.1 Å². The monoisotopic (exact) mass is 444 g/mol. The van der Waals surface area contributed by atoms with Gasteiger partial charge in [-0.3, -0.25) is 0 Å². The van der Waals surface area contributed by atoms with E-state index in [1.54, 1.807) is 31.2 Å². The van der Waals surface area contributed by atoms with E-state index in [1.807, 2.05) is 0 Å². The topological polar surface area (TPSA) is 20.2 Å². The molecule has 2 rings (SSSR count). The van der Waals surface area contributed by atoms with Crippen molar-refractivity contribution in [3.63, 3.8) is 0 Å². The van der Waals surface area contributed by atoms with E-state index in [4.69, 9.17) is 17.0 Å². The molecule has 0 fully saturated rings. The van der Waals surface area contributed by atoms with Gasteiger partial charge in [-0.1, -0.05) is 38.9 Å². The molecule has 1 nitrogen and oxygen atoms in total. The van der Waals surface area contributed by atoms with Crippen molar-refractivity contribution in [3.05, 3.63) is 53.6 Å². The third-order valence-electron chi connectivity index (χ3n) is 2.74. The van der Waals surface area contributed by atoms with E-state index in [0.717, 1.165) is 6.07 Å². The summed E-state index contributed by atoms with van der Waals surface area (Å²) in [5.41, 5.74) is -0.0505. The van der Waals surface area contributed by atoms with Gasteiger partial charge in [0, 0.05) is 5.30 Å². The molecule has 0 radical (unpaired) electrons. The molecule has 1 atom stereocenters. The number of halogens is 5. The molecule has 0 bridgehead atoms. The number of aryl methyl sites for hydroxylation is 1. The fraction of sp³-hybridized carbons (Fsp3) is 0.143. The molecule has 0 aliphatic rings. The first kappa shape index (κ1) is 20.0. The van der Waals surface area contributed by atoms with E-state index < -0.39 is 32.6 Å². The van der Waals surface area contributed by atoms with Crippen LogP contribution in [0.4, 0.5) is 13.2 Å². The predicted molar refractivity (Wildman–Crippen MR) is 83.6 cm³/mol. The minimum atomic E-state index is -4.38. The van der Waals surface area contributed by atoms with Crippen LogP contribution in [0.1, 0.15) is 11.1 Å². The van der Waals surface area contributed by atoms with E-state index in [1.165, 1.54) is 12.1 Å². The Balaban J connectivity index is 0.000000745. The van der Waals surface area contributed by atoms with Crippen molar-refractivity contribution in [1.29, 1.82) is 0 Å². The molecule has 0 aliphatic carbocycles. The number of phenols is 1. The first-order chi connectivity index (χ1) is 10.3. The Hall–Kier alpha value is -0.0769. The standard InChI is InChI=1S/C14H12F3OP.2ClH.Zr/c1-9-5-4-6-10(14(15,16)17)13(9)19-12-8-3-2-7-11(12)18;;;/h2-8,18-19H,1H3;2*1H;/q;;;+2/p-2. The number of rotatable bonds is 2. The molecule has 2 aromatic carbocycles. The van der Waals surface area contributed by atoms with Gasteiger partial charge in [0.15, 0.2) is 0 Å². The number of benzene rings is 2. The summed E-state index contributed by atoms with van der Waals surface area (Å²) in [7, 11) is 9.64. The quantitative estimate of drug-likeness (QED) is 0.662. The molecule has 0 spiro atoms. The van der Waals surface area contributed by atoms with Gasteiger partial charge in [0.25, 0.3) is 0 Å². The van der Waals surface area contributed by atoms with Crippen LogP contribution in [0.2, 0.25) is 0 Å². The zero-order valence-electron chi connectivity index (χ0n) is 11.4. The normalized spacial score (nSPS) is 11.2. The summed E-state index contributed by atoms with van der Waals surface area (Å²) in [6.45, 7) is 1.65. The first-order valence-corrected chi connectivity index (χ1v) is 13.3. The molecule has 1 unspecified atom stereocenters. The molecule has 0 aliphatic heterocycles. The Bertz CT molecular complexity index is 623. The zero-order valence-corrected chi connectivity index (χ0v) is 16.3. The second kappa shape index (κ2) is 9.28. The average Bonchev–Trinajstić information content (AvgIpc) is 2.43. The van der Waals surface area contributed by atoms with Gasteiger partial charge in [-0.15, -0.1) is 0 Å². The summed E-state index contributed by atoms with van der Waals surface area (Å²) in [6.07, 6.45) is -4.38. The second-order valence-corrected chi connectivity index (χ2v) is 9.23. The van der Waals surface area contributed by atoms with Crippen molar-refractivity contribution >= 4 is 36.2 Å². The third-order valence-corrected chi connectivity index (χ3v) is 4.35. The van der Waals surface area contributed by atoms with Crippen LogP contribution in [-0.2, 0) is 27.0 Å². The zero-order chi connectivity index (χ0) is 16.8. The maximum atomic E-state index is 13.0. The fourth-order valence-electron chi connectivity index (χ4n) is 1.78. The maximum absolute atomic E-state index is 13.0. The number of alkyl halides is 3. The van der Waals surface area contributed by atoms with Crippen LogP contribution in [0.3, 0.4) is 0 Å². The van der Waals surface area contributed by atoms with E-state index in [-0.39, 0.29) is 19.6 Å². The van der Waals surface area contributed by atoms with Crippen molar-refractivity contribution in [2.75, 3.05) is 0 Å². The van der Waals surface area contributed by atoms with Gasteiger partial charge in [-0.05, 0) is 29.9 Å². The molecule has 0 heterocycles. The SMILES string of the molecule is Cc1cccc(C(F)(F)F)c1Pc1ccccc1O.[Cl][Zr][Cl]. The Morgan fingerprint density at radius 3 is 2.18 bits per heavy atom. The Morgan fingerprint density at radius 2 is 1.64 bits per heavy atom. The minimum absolute atomic E-state index is 0.0252. The van der Waals surface area contributed by atoms with E-state index in [9.17, 15) is 18.3 Å². The number of hydrogen-bond donors (Lipinski definition) is 1. The Kier molecular flexibility index (Phi) is 8.42. The van der Waals surface area contributed by atoms with Gasteiger partial charge in [0.2, 0.25) is 0 Å². The third kappa shape index (κ3) is 5.85. The van der Waals surface area contributed by atoms with Gasteiger partial charge in [0.05, 0.1) is 5.56 Å². The summed E-state index contributed by atoms with van der Waals surface area (Å²) < 4.78 is 38.9. The van der Waals surface area contributed by atoms with Crippen LogP contribution >= 0.6 is 25.6 Å². The van der Waals surface area contributed by atoms with Crippen LogP contribution in [0.5, 0.6) is 5.75 Å². The van der Waals surface area contributed by atoms with Gasteiger partial charge in [-0.2, -0.15) is 13.2 Å². The molecule has 118 valence electrons. The summed E-state index contributed by atoms with van der Waals surface area (Å²) in [5, 5.41) is 10.4. The van der Waals surface area contributed by atoms with E-state index >= 15 is 0 Å².